The molecule has 1 heterocycles. The zero-order chi connectivity index (χ0) is 28.1. The van der Waals surface area contributed by atoms with Crippen molar-refractivity contribution in [2.45, 2.75) is 61.2 Å². The molecule has 1 amide bonds. The molecule has 0 radical (unpaired) electrons. The average molecular weight is 581 g/mol. The van der Waals surface area contributed by atoms with E-state index < -0.39 is 34.3 Å². The third-order valence-corrected chi connectivity index (χ3v) is 10.5. The number of nitrogens with zero attached hydrogens (tertiary/aromatic N) is 1. The predicted molar refractivity (Wildman–Crippen MR) is 149 cm³/mol. The molecule has 4 rings (SSSR count). The molecular weight excluding hydrogens is 543 g/mol. The second-order valence-corrected chi connectivity index (χ2v) is 13.2. The van der Waals surface area contributed by atoms with Gasteiger partial charge in [0.15, 0.2) is 0 Å². The monoisotopic (exact) mass is 580 g/mol. The van der Waals surface area contributed by atoms with Gasteiger partial charge in [-0.2, -0.15) is 4.31 Å². The highest BCUT2D eigenvalue weighted by atomic mass is 35.5. The second-order valence-electron chi connectivity index (χ2n) is 11.0. The van der Waals surface area contributed by atoms with Gasteiger partial charge in [-0.15, -0.1) is 11.6 Å². The van der Waals surface area contributed by atoms with E-state index in [1.165, 1.54) is 12.1 Å². The van der Waals surface area contributed by atoms with Crippen molar-refractivity contribution in [3.05, 3.63) is 66.2 Å². The molecule has 0 bridgehead atoms. The van der Waals surface area contributed by atoms with Crippen LogP contribution in [0.1, 0.15) is 44.6 Å². The number of sulfonamides is 1. The van der Waals surface area contributed by atoms with Gasteiger partial charge in [0, 0.05) is 37.4 Å². The van der Waals surface area contributed by atoms with Crippen molar-refractivity contribution in [2.75, 3.05) is 32.3 Å². The molecule has 7 nitrogen and oxygen atoms in total. The highest BCUT2D eigenvalue weighted by Gasteiger charge is 2.47. The number of hydrogen-bond acceptors (Lipinski definition) is 5. The molecule has 1 aliphatic heterocycles. The highest BCUT2D eigenvalue weighted by molar-refractivity contribution is 7.89. The van der Waals surface area contributed by atoms with Crippen LogP contribution in [0, 0.1) is 11.8 Å². The summed E-state index contributed by atoms with van der Waals surface area (Å²) in [6, 6.07) is 16.8. The fourth-order valence-corrected chi connectivity index (χ4v) is 7.46. The maximum absolute atomic E-state index is 13.7. The number of aliphatic hydroxyl groups excluding tert-OH is 1. The molecule has 214 valence electrons. The Labute approximate surface area is 235 Å². The van der Waals surface area contributed by atoms with Crippen molar-refractivity contribution in [1.29, 1.82) is 0 Å². The van der Waals surface area contributed by atoms with Gasteiger partial charge in [-0.3, -0.25) is 9.18 Å². The van der Waals surface area contributed by atoms with Gasteiger partial charge in [0.05, 0.1) is 28.8 Å². The van der Waals surface area contributed by atoms with Crippen molar-refractivity contribution in [1.82, 2.24) is 9.62 Å². The Morgan fingerprint density at radius 2 is 1.85 bits per heavy atom. The largest absolute Gasteiger partial charge is 0.389 e. The first-order valence-electron chi connectivity index (χ1n) is 13.5. The lowest BCUT2D eigenvalue weighted by Gasteiger charge is -2.39. The Morgan fingerprint density at radius 3 is 2.44 bits per heavy atom. The van der Waals surface area contributed by atoms with Crippen LogP contribution in [0.3, 0.4) is 0 Å². The van der Waals surface area contributed by atoms with Crippen LogP contribution in [0.15, 0.2) is 65.6 Å². The summed E-state index contributed by atoms with van der Waals surface area (Å²) in [6.45, 7) is 1.02. The molecule has 2 N–H and O–H groups in total. The Hall–Kier alpha value is -2.04. The molecule has 2 aromatic carbocycles. The maximum atomic E-state index is 13.7. The molecular formula is C29H38ClFN2O5S. The first-order valence-corrected chi connectivity index (χ1v) is 15.5. The van der Waals surface area contributed by atoms with Crippen LogP contribution in [-0.4, -0.2) is 67.7 Å². The zero-order valence-corrected chi connectivity index (χ0v) is 23.8. The van der Waals surface area contributed by atoms with E-state index in [2.05, 4.69) is 5.32 Å². The number of hydrogen-bond donors (Lipinski definition) is 2. The SMILES string of the molecule is C[C@](NC(=O)C1CCC2(CCCO2)C1)(c1ccccc1)[C@H](O)CN(CC(CF)CCl)S(=O)(=O)c1ccccc1. The summed E-state index contributed by atoms with van der Waals surface area (Å²) in [5, 5.41) is 14.8. The van der Waals surface area contributed by atoms with Gasteiger partial charge in [0.25, 0.3) is 0 Å². The van der Waals surface area contributed by atoms with Crippen LogP contribution in [0.25, 0.3) is 0 Å². The molecule has 2 aromatic rings. The van der Waals surface area contributed by atoms with Gasteiger partial charge >= 0.3 is 0 Å². The third-order valence-electron chi connectivity index (χ3n) is 8.20. The molecule has 2 fully saturated rings. The number of aliphatic hydroxyl groups is 1. The minimum atomic E-state index is -4.09. The fraction of sp³-hybridized carbons (Fsp3) is 0.552. The normalized spacial score (nSPS) is 24.5. The van der Waals surface area contributed by atoms with Crippen LogP contribution in [-0.2, 0) is 25.1 Å². The molecule has 1 aliphatic carbocycles. The number of carbonyl (C=O) groups excluding carboxylic acids is 1. The van der Waals surface area contributed by atoms with Gasteiger partial charge in [-0.05, 0) is 56.7 Å². The van der Waals surface area contributed by atoms with Gasteiger partial charge in [0.1, 0.15) is 0 Å². The van der Waals surface area contributed by atoms with E-state index in [1.807, 2.05) is 6.07 Å². The molecule has 10 heteroatoms. The smallest absolute Gasteiger partial charge is 0.243 e. The molecule has 2 aliphatic rings. The number of rotatable bonds is 12. The predicted octanol–water partition coefficient (Wildman–Crippen LogP) is 4.24. The molecule has 1 saturated heterocycles. The lowest BCUT2D eigenvalue weighted by atomic mass is 9.85. The van der Waals surface area contributed by atoms with E-state index in [9.17, 15) is 22.7 Å². The highest BCUT2D eigenvalue weighted by Crippen LogP contribution is 2.44. The van der Waals surface area contributed by atoms with Gasteiger partial charge in [-0.25, -0.2) is 8.42 Å². The summed E-state index contributed by atoms with van der Waals surface area (Å²) in [5.74, 6) is -1.30. The number of amides is 1. The van der Waals surface area contributed by atoms with Crippen molar-refractivity contribution >= 4 is 27.5 Å². The van der Waals surface area contributed by atoms with Crippen molar-refractivity contribution in [3.63, 3.8) is 0 Å². The third kappa shape index (κ3) is 6.65. The molecule has 0 aromatic heterocycles. The van der Waals surface area contributed by atoms with Gasteiger partial charge in [0.2, 0.25) is 15.9 Å². The number of ether oxygens (including phenoxy) is 1. The lowest BCUT2D eigenvalue weighted by molar-refractivity contribution is -0.129. The van der Waals surface area contributed by atoms with E-state index in [1.54, 1.807) is 49.4 Å². The van der Waals surface area contributed by atoms with E-state index in [-0.39, 0.29) is 41.3 Å². The average Bonchev–Trinajstić information content (AvgIpc) is 3.61. The molecule has 1 spiro atoms. The number of benzene rings is 2. The van der Waals surface area contributed by atoms with E-state index in [0.717, 1.165) is 23.6 Å². The van der Waals surface area contributed by atoms with E-state index >= 15 is 0 Å². The topological polar surface area (TPSA) is 95.9 Å². The Bertz CT molecular complexity index is 1190. The minimum Gasteiger partial charge on any atom is -0.389 e. The zero-order valence-electron chi connectivity index (χ0n) is 22.3. The number of carbonyl (C=O) groups is 1. The summed E-state index contributed by atoms with van der Waals surface area (Å²) < 4.78 is 48.0. The second kappa shape index (κ2) is 12.6. The summed E-state index contributed by atoms with van der Waals surface area (Å²) in [4.78, 5) is 13.6. The summed E-state index contributed by atoms with van der Waals surface area (Å²) >= 11 is 5.93. The first-order chi connectivity index (χ1) is 18.6. The van der Waals surface area contributed by atoms with Crippen LogP contribution in [0.4, 0.5) is 4.39 Å². The molecule has 5 atom stereocenters. The molecule has 1 saturated carbocycles. The number of nitrogens with one attached hydrogen (secondary N) is 1. The van der Waals surface area contributed by atoms with Gasteiger partial charge < -0.3 is 15.2 Å². The van der Waals surface area contributed by atoms with Crippen molar-refractivity contribution in [3.8, 4) is 0 Å². The summed E-state index contributed by atoms with van der Waals surface area (Å²) in [6.07, 6.45) is 2.72. The van der Waals surface area contributed by atoms with E-state index in [0.29, 0.717) is 25.0 Å². The van der Waals surface area contributed by atoms with Crippen molar-refractivity contribution < 1.29 is 27.4 Å². The van der Waals surface area contributed by atoms with Crippen molar-refractivity contribution in [2.24, 2.45) is 11.8 Å². The Balaban J connectivity index is 1.62. The number of halogens is 2. The van der Waals surface area contributed by atoms with Crippen LogP contribution in [0.2, 0.25) is 0 Å². The quantitative estimate of drug-likeness (QED) is 0.366. The molecule has 39 heavy (non-hydrogen) atoms. The molecule has 3 unspecified atom stereocenters. The minimum absolute atomic E-state index is 0.0302. The van der Waals surface area contributed by atoms with Crippen LogP contribution >= 0.6 is 11.6 Å². The first kappa shape index (κ1) is 29.9. The maximum Gasteiger partial charge on any atom is 0.243 e. The summed E-state index contributed by atoms with van der Waals surface area (Å²) in [7, 11) is -4.09. The lowest BCUT2D eigenvalue weighted by Crippen LogP contribution is -2.57. The Kier molecular flexibility index (Phi) is 9.70. The van der Waals surface area contributed by atoms with Crippen LogP contribution in [0.5, 0.6) is 0 Å². The fourth-order valence-electron chi connectivity index (χ4n) is 5.73. The Morgan fingerprint density at radius 1 is 1.18 bits per heavy atom. The van der Waals surface area contributed by atoms with Gasteiger partial charge in [-0.1, -0.05) is 48.5 Å². The number of alkyl halides is 2. The van der Waals surface area contributed by atoms with Crippen LogP contribution < -0.4 is 5.32 Å². The standard InChI is InChI=1S/C29H38ClFN2O5S/c1-28(24-9-4-2-5-10-24,32-27(35)23-13-15-29(17-23)14-8-16-38-29)26(34)21-33(20-22(18-30)19-31)39(36,37)25-11-6-3-7-12-25/h2-7,9-12,22-23,26,34H,8,13-21H2,1H3,(H,32,35)/t22?,23?,26-,28+,29?/m1/s1. The summed E-state index contributed by atoms with van der Waals surface area (Å²) in [5.41, 5.74) is -0.929. The van der Waals surface area contributed by atoms with E-state index in [4.69, 9.17) is 16.3 Å².